The van der Waals surface area contributed by atoms with Crippen LogP contribution < -0.4 is 9.64 Å². The molecule has 0 atom stereocenters. The quantitative estimate of drug-likeness (QED) is 0.785. The molecule has 1 heterocycles. The van der Waals surface area contributed by atoms with E-state index in [0.29, 0.717) is 17.9 Å². The molecule has 25 heavy (non-hydrogen) atoms. The van der Waals surface area contributed by atoms with E-state index in [1.54, 1.807) is 43.0 Å². The van der Waals surface area contributed by atoms with E-state index in [0.717, 1.165) is 12.1 Å². The number of esters is 1. The van der Waals surface area contributed by atoms with E-state index in [1.165, 1.54) is 5.56 Å². The molecule has 0 saturated heterocycles. The monoisotopic (exact) mass is 339 g/mol. The van der Waals surface area contributed by atoms with E-state index in [1.807, 2.05) is 24.3 Å². The van der Waals surface area contributed by atoms with Crippen LogP contribution in [0.3, 0.4) is 0 Å². The molecule has 0 N–H and O–H groups in total. The van der Waals surface area contributed by atoms with Crippen LogP contribution in [0.25, 0.3) is 0 Å². The van der Waals surface area contributed by atoms with E-state index in [-0.39, 0.29) is 24.6 Å². The Morgan fingerprint density at radius 1 is 1.08 bits per heavy atom. The zero-order valence-corrected chi connectivity index (χ0v) is 14.4. The Hall–Kier alpha value is -2.82. The van der Waals surface area contributed by atoms with Crippen LogP contribution in [-0.4, -0.2) is 31.1 Å². The third kappa shape index (κ3) is 3.99. The summed E-state index contributed by atoms with van der Waals surface area (Å²) in [5.74, 6) is 0.0986. The molecule has 0 aliphatic carbocycles. The van der Waals surface area contributed by atoms with Gasteiger partial charge in [0.25, 0.3) is 5.91 Å². The second-order valence-corrected chi connectivity index (χ2v) is 6.19. The lowest BCUT2D eigenvalue weighted by molar-refractivity contribution is -0.120. The first-order valence-electron chi connectivity index (χ1n) is 8.36. The average Bonchev–Trinajstić information content (AvgIpc) is 3.03. The molecule has 2 aromatic rings. The zero-order valence-electron chi connectivity index (χ0n) is 14.4. The van der Waals surface area contributed by atoms with Gasteiger partial charge in [-0.25, -0.2) is 4.79 Å². The summed E-state index contributed by atoms with van der Waals surface area (Å²) >= 11 is 0. The van der Waals surface area contributed by atoms with E-state index in [2.05, 4.69) is 0 Å². The van der Waals surface area contributed by atoms with Crippen LogP contribution in [0.4, 0.5) is 5.69 Å². The van der Waals surface area contributed by atoms with Crippen molar-refractivity contribution in [2.45, 2.75) is 26.4 Å². The number of benzene rings is 2. The van der Waals surface area contributed by atoms with E-state index in [9.17, 15) is 9.59 Å². The second kappa shape index (κ2) is 7.38. The number of carbonyl (C=O) groups is 2. The van der Waals surface area contributed by atoms with Crippen LogP contribution in [0.15, 0.2) is 48.5 Å². The molecule has 1 aliphatic heterocycles. The molecule has 5 nitrogen and oxygen atoms in total. The molecule has 0 fully saturated rings. The Balaban J connectivity index is 1.57. The van der Waals surface area contributed by atoms with Crippen molar-refractivity contribution in [3.05, 3.63) is 59.7 Å². The Kier molecular flexibility index (Phi) is 5.03. The fourth-order valence-electron chi connectivity index (χ4n) is 2.79. The van der Waals surface area contributed by atoms with Crippen molar-refractivity contribution < 1.29 is 19.1 Å². The van der Waals surface area contributed by atoms with Crippen LogP contribution in [0, 0.1) is 0 Å². The molecule has 0 aromatic heterocycles. The Labute approximate surface area is 147 Å². The summed E-state index contributed by atoms with van der Waals surface area (Å²) in [6.07, 6.45) is 0.707. The van der Waals surface area contributed by atoms with Gasteiger partial charge in [-0.1, -0.05) is 18.2 Å². The summed E-state index contributed by atoms with van der Waals surface area (Å²) in [4.78, 5) is 26.0. The van der Waals surface area contributed by atoms with Crippen molar-refractivity contribution in [2.75, 3.05) is 18.1 Å². The first-order valence-corrected chi connectivity index (χ1v) is 8.36. The van der Waals surface area contributed by atoms with E-state index in [4.69, 9.17) is 9.47 Å². The number of anilines is 1. The van der Waals surface area contributed by atoms with Crippen molar-refractivity contribution in [1.82, 2.24) is 0 Å². The molecular weight excluding hydrogens is 318 g/mol. The molecular formula is C20H21NO4. The van der Waals surface area contributed by atoms with Crippen molar-refractivity contribution >= 4 is 17.6 Å². The summed E-state index contributed by atoms with van der Waals surface area (Å²) in [5, 5.41) is 0. The number of hydrogen-bond acceptors (Lipinski definition) is 4. The zero-order chi connectivity index (χ0) is 17.8. The second-order valence-electron chi connectivity index (χ2n) is 6.19. The van der Waals surface area contributed by atoms with Crippen LogP contribution in [0.1, 0.15) is 29.8 Å². The van der Waals surface area contributed by atoms with Gasteiger partial charge in [0.2, 0.25) is 0 Å². The molecule has 130 valence electrons. The fraction of sp³-hybridized carbons (Fsp3) is 0.300. The van der Waals surface area contributed by atoms with Crippen LogP contribution in [0.5, 0.6) is 5.75 Å². The normalized spacial score (nSPS) is 12.8. The Morgan fingerprint density at radius 2 is 1.80 bits per heavy atom. The van der Waals surface area contributed by atoms with Gasteiger partial charge in [0.15, 0.2) is 6.61 Å². The highest BCUT2D eigenvalue weighted by molar-refractivity contribution is 5.96. The number of para-hydroxylation sites is 1. The topological polar surface area (TPSA) is 55.8 Å². The van der Waals surface area contributed by atoms with Gasteiger partial charge in [-0.05, 0) is 56.2 Å². The van der Waals surface area contributed by atoms with Gasteiger partial charge in [0.1, 0.15) is 5.75 Å². The molecule has 5 heteroatoms. The highest BCUT2D eigenvalue weighted by Crippen LogP contribution is 2.27. The molecule has 0 saturated carbocycles. The van der Waals surface area contributed by atoms with Gasteiger partial charge >= 0.3 is 5.97 Å². The van der Waals surface area contributed by atoms with Crippen LogP contribution in [0.2, 0.25) is 0 Å². The predicted molar refractivity (Wildman–Crippen MR) is 95.0 cm³/mol. The number of carbonyl (C=O) groups excluding carboxylic acids is 2. The van der Waals surface area contributed by atoms with Gasteiger partial charge in [0.05, 0.1) is 11.7 Å². The number of nitrogens with zero attached hydrogens (tertiary/aromatic N) is 1. The number of fused-ring (bicyclic) bond motifs is 1. The molecule has 0 unspecified atom stereocenters. The maximum Gasteiger partial charge on any atom is 0.338 e. The van der Waals surface area contributed by atoms with Crippen molar-refractivity contribution in [3.63, 3.8) is 0 Å². The van der Waals surface area contributed by atoms with Crippen molar-refractivity contribution in [2.24, 2.45) is 0 Å². The summed E-state index contributed by atoms with van der Waals surface area (Å²) in [7, 11) is 0. The third-order valence-corrected chi connectivity index (χ3v) is 3.98. The largest absolute Gasteiger partial charge is 0.484 e. The highest BCUT2D eigenvalue weighted by Gasteiger charge is 2.24. The molecule has 1 amide bonds. The third-order valence-electron chi connectivity index (χ3n) is 3.98. The number of rotatable bonds is 5. The number of ether oxygens (including phenoxy) is 2. The predicted octanol–water partition coefficient (Wildman–Crippen LogP) is 3.22. The van der Waals surface area contributed by atoms with Crippen molar-refractivity contribution in [1.29, 1.82) is 0 Å². The summed E-state index contributed by atoms with van der Waals surface area (Å²) in [6.45, 7) is 4.25. The lowest BCUT2D eigenvalue weighted by Gasteiger charge is -2.17. The molecule has 3 rings (SSSR count). The van der Waals surface area contributed by atoms with Gasteiger partial charge in [-0.2, -0.15) is 0 Å². The standard InChI is InChI=1S/C20H21NO4/c1-14(2)25-20(23)16-7-9-17(10-8-16)24-13-19(22)21-12-11-15-5-3-4-6-18(15)21/h3-10,14H,11-13H2,1-2H3. The average molecular weight is 339 g/mol. The SMILES string of the molecule is CC(C)OC(=O)c1ccc(OCC(=O)N2CCc3ccccc32)cc1. The minimum absolute atomic E-state index is 0.0376. The maximum absolute atomic E-state index is 12.4. The number of amides is 1. The van der Waals surface area contributed by atoms with Gasteiger partial charge in [0, 0.05) is 12.2 Å². The fourth-order valence-corrected chi connectivity index (χ4v) is 2.79. The molecule has 0 spiro atoms. The van der Waals surface area contributed by atoms with Crippen molar-refractivity contribution in [3.8, 4) is 5.75 Å². The first kappa shape index (κ1) is 17.0. The highest BCUT2D eigenvalue weighted by atomic mass is 16.5. The van der Waals surface area contributed by atoms with Crippen LogP contribution in [-0.2, 0) is 16.0 Å². The maximum atomic E-state index is 12.4. The summed E-state index contributed by atoms with van der Waals surface area (Å²) in [5.41, 5.74) is 2.60. The van der Waals surface area contributed by atoms with E-state index >= 15 is 0 Å². The minimum atomic E-state index is -0.369. The lowest BCUT2D eigenvalue weighted by atomic mass is 10.2. The van der Waals surface area contributed by atoms with Gasteiger partial charge < -0.3 is 14.4 Å². The molecule has 2 aromatic carbocycles. The van der Waals surface area contributed by atoms with Crippen LogP contribution >= 0.6 is 0 Å². The summed E-state index contributed by atoms with van der Waals surface area (Å²) < 4.78 is 10.7. The number of hydrogen-bond donors (Lipinski definition) is 0. The van der Waals surface area contributed by atoms with Gasteiger partial charge in [-0.15, -0.1) is 0 Å². The van der Waals surface area contributed by atoms with E-state index < -0.39 is 0 Å². The summed E-state index contributed by atoms with van der Waals surface area (Å²) in [6, 6.07) is 14.5. The lowest BCUT2D eigenvalue weighted by Crippen LogP contribution is -2.33. The minimum Gasteiger partial charge on any atom is -0.484 e. The molecule has 0 radical (unpaired) electrons. The Morgan fingerprint density at radius 3 is 2.52 bits per heavy atom. The molecule has 0 bridgehead atoms. The first-order chi connectivity index (χ1) is 12.0. The smallest absolute Gasteiger partial charge is 0.338 e. The van der Waals surface area contributed by atoms with Gasteiger partial charge in [-0.3, -0.25) is 4.79 Å². The Bertz CT molecular complexity index is 768. The molecule has 1 aliphatic rings.